The molecule has 1 rings (SSSR count). The number of aliphatic hydroxyl groups excluding tert-OH is 1. The normalized spacial score (nSPS) is 19.4. The molecular weight excluding hydrogens is 364 g/mol. The van der Waals surface area contributed by atoms with E-state index in [0.29, 0.717) is 13.0 Å². The molecule has 0 saturated carbocycles. The third-order valence-electron chi connectivity index (χ3n) is 3.87. The maximum Gasteiger partial charge on any atom is 0.326 e. The molecule has 152 valence electrons. The average molecular weight is 388 g/mol. The fourth-order valence-electron chi connectivity index (χ4n) is 2.46. The van der Waals surface area contributed by atoms with E-state index in [9.17, 15) is 29.1 Å². The van der Waals surface area contributed by atoms with Crippen molar-refractivity contribution < 1.29 is 39.3 Å². The van der Waals surface area contributed by atoms with Crippen LogP contribution in [0.15, 0.2) is 0 Å². The van der Waals surface area contributed by atoms with Crippen molar-refractivity contribution >= 4 is 29.7 Å². The lowest BCUT2D eigenvalue weighted by Gasteiger charge is -2.23. The van der Waals surface area contributed by atoms with Gasteiger partial charge in [0, 0.05) is 0 Å². The molecule has 0 aromatic rings. The molecule has 27 heavy (non-hydrogen) atoms. The number of carboxylic acid groups (broad SMARTS) is 2. The van der Waals surface area contributed by atoms with Crippen molar-refractivity contribution in [1.82, 2.24) is 21.3 Å². The van der Waals surface area contributed by atoms with Gasteiger partial charge in [-0.1, -0.05) is 0 Å². The van der Waals surface area contributed by atoms with Crippen LogP contribution in [0.2, 0.25) is 0 Å². The molecule has 4 atom stereocenters. The molecule has 0 bridgehead atoms. The van der Waals surface area contributed by atoms with Crippen molar-refractivity contribution in [3.05, 3.63) is 0 Å². The number of carbonyl (C=O) groups is 5. The molecule has 0 aliphatic carbocycles. The zero-order valence-corrected chi connectivity index (χ0v) is 14.7. The Balaban J connectivity index is 2.58. The quantitative estimate of drug-likeness (QED) is 0.201. The van der Waals surface area contributed by atoms with Gasteiger partial charge in [0.1, 0.15) is 12.1 Å². The lowest BCUT2D eigenvalue weighted by molar-refractivity contribution is -0.147. The van der Waals surface area contributed by atoms with E-state index in [0.717, 1.165) is 6.42 Å². The molecule has 1 saturated heterocycles. The highest BCUT2D eigenvalue weighted by molar-refractivity contribution is 5.93. The molecule has 0 aromatic heterocycles. The van der Waals surface area contributed by atoms with Crippen molar-refractivity contribution in [3.8, 4) is 0 Å². The summed E-state index contributed by atoms with van der Waals surface area (Å²) >= 11 is 0. The molecule has 12 nitrogen and oxygen atoms in total. The number of hydrogen-bond donors (Lipinski definition) is 7. The van der Waals surface area contributed by atoms with Crippen molar-refractivity contribution in [2.24, 2.45) is 0 Å². The Morgan fingerprint density at radius 2 is 1.81 bits per heavy atom. The van der Waals surface area contributed by atoms with E-state index in [4.69, 9.17) is 10.2 Å². The van der Waals surface area contributed by atoms with Gasteiger partial charge in [-0.3, -0.25) is 19.2 Å². The molecule has 0 aromatic carbocycles. The largest absolute Gasteiger partial charge is 0.481 e. The van der Waals surface area contributed by atoms with Gasteiger partial charge in [-0.05, 0) is 26.3 Å². The predicted octanol–water partition coefficient (Wildman–Crippen LogP) is -3.24. The highest BCUT2D eigenvalue weighted by atomic mass is 16.4. The zero-order chi connectivity index (χ0) is 20.6. The summed E-state index contributed by atoms with van der Waals surface area (Å²) in [5.41, 5.74) is 0. The first kappa shape index (κ1) is 22.3. The van der Waals surface area contributed by atoms with Crippen LogP contribution >= 0.6 is 0 Å². The van der Waals surface area contributed by atoms with Gasteiger partial charge in [-0.15, -0.1) is 0 Å². The maximum absolute atomic E-state index is 12.1. The molecule has 4 unspecified atom stereocenters. The van der Waals surface area contributed by atoms with Crippen LogP contribution in [0.1, 0.15) is 26.2 Å². The molecule has 7 N–H and O–H groups in total. The fourth-order valence-corrected chi connectivity index (χ4v) is 2.46. The SMILES string of the molecule is CC(O)C(NC(=O)CNC(=O)C1CCCN1)C(=O)NC(CC(=O)O)C(=O)O. The zero-order valence-electron chi connectivity index (χ0n) is 14.7. The Morgan fingerprint density at radius 1 is 1.15 bits per heavy atom. The van der Waals surface area contributed by atoms with Gasteiger partial charge in [-0.25, -0.2) is 4.79 Å². The van der Waals surface area contributed by atoms with Gasteiger partial charge >= 0.3 is 11.9 Å². The van der Waals surface area contributed by atoms with Crippen LogP contribution in [0.25, 0.3) is 0 Å². The third-order valence-corrected chi connectivity index (χ3v) is 3.87. The van der Waals surface area contributed by atoms with Gasteiger partial charge in [0.15, 0.2) is 0 Å². The van der Waals surface area contributed by atoms with Crippen LogP contribution in [0.4, 0.5) is 0 Å². The van der Waals surface area contributed by atoms with Gasteiger partial charge < -0.3 is 36.6 Å². The van der Waals surface area contributed by atoms with Crippen LogP contribution in [0, 0.1) is 0 Å². The van der Waals surface area contributed by atoms with Crippen LogP contribution < -0.4 is 21.3 Å². The second kappa shape index (κ2) is 10.4. The van der Waals surface area contributed by atoms with E-state index in [1.165, 1.54) is 6.92 Å². The number of carbonyl (C=O) groups excluding carboxylic acids is 3. The monoisotopic (exact) mass is 388 g/mol. The average Bonchev–Trinajstić information content (AvgIpc) is 3.10. The molecule has 0 spiro atoms. The second-order valence-electron chi connectivity index (χ2n) is 6.15. The second-order valence-corrected chi connectivity index (χ2v) is 6.15. The number of rotatable bonds is 10. The fraction of sp³-hybridized carbons (Fsp3) is 0.667. The summed E-state index contributed by atoms with van der Waals surface area (Å²) in [7, 11) is 0. The van der Waals surface area contributed by atoms with E-state index in [1.807, 2.05) is 5.32 Å². The molecule has 1 heterocycles. The van der Waals surface area contributed by atoms with Gasteiger partial charge in [0.25, 0.3) is 0 Å². The smallest absolute Gasteiger partial charge is 0.326 e. The number of aliphatic carboxylic acids is 2. The first-order valence-electron chi connectivity index (χ1n) is 8.35. The third kappa shape index (κ3) is 7.58. The Morgan fingerprint density at radius 3 is 2.30 bits per heavy atom. The van der Waals surface area contributed by atoms with Gasteiger partial charge in [0.05, 0.1) is 25.1 Å². The predicted molar refractivity (Wildman–Crippen MR) is 89.5 cm³/mol. The summed E-state index contributed by atoms with van der Waals surface area (Å²) in [6.45, 7) is 1.46. The Kier molecular flexibility index (Phi) is 8.62. The molecule has 1 aliphatic rings. The summed E-state index contributed by atoms with van der Waals surface area (Å²) in [5, 5.41) is 36.8. The first-order chi connectivity index (χ1) is 12.6. The van der Waals surface area contributed by atoms with E-state index in [1.54, 1.807) is 0 Å². The maximum atomic E-state index is 12.1. The molecule has 0 radical (unpaired) electrons. The van der Waals surface area contributed by atoms with E-state index >= 15 is 0 Å². The lowest BCUT2D eigenvalue weighted by Crippen LogP contribution is -2.57. The number of hydrogen-bond acceptors (Lipinski definition) is 7. The summed E-state index contributed by atoms with van der Waals surface area (Å²) in [4.78, 5) is 57.5. The Hall–Kier alpha value is -2.73. The van der Waals surface area contributed by atoms with Crippen molar-refractivity contribution in [3.63, 3.8) is 0 Å². The standard InChI is InChI=1S/C15H24N4O8/c1-7(20)12(14(25)18-9(15(26)27)5-11(22)23)19-10(21)6-17-13(24)8-3-2-4-16-8/h7-9,12,16,20H,2-6H2,1H3,(H,17,24)(H,18,25)(H,19,21)(H,22,23)(H,26,27). The summed E-state index contributed by atoms with van der Waals surface area (Å²) < 4.78 is 0. The highest BCUT2D eigenvalue weighted by Gasteiger charge is 2.31. The lowest BCUT2D eigenvalue weighted by atomic mass is 10.1. The van der Waals surface area contributed by atoms with Gasteiger partial charge in [-0.2, -0.15) is 0 Å². The van der Waals surface area contributed by atoms with Crippen LogP contribution in [0.5, 0.6) is 0 Å². The Bertz CT molecular complexity index is 588. The van der Waals surface area contributed by atoms with E-state index < -0.39 is 54.9 Å². The van der Waals surface area contributed by atoms with Crippen LogP contribution in [-0.2, 0) is 24.0 Å². The minimum atomic E-state index is -1.72. The Labute approximate surface area is 154 Å². The number of amides is 3. The number of aliphatic hydroxyl groups is 1. The highest BCUT2D eigenvalue weighted by Crippen LogP contribution is 2.04. The van der Waals surface area contributed by atoms with Crippen molar-refractivity contribution in [2.45, 2.75) is 50.4 Å². The summed E-state index contributed by atoms with van der Waals surface area (Å²) in [5.74, 6) is -5.21. The summed E-state index contributed by atoms with van der Waals surface area (Å²) in [6.07, 6.45) is -0.769. The number of carboxylic acids is 2. The molecule has 3 amide bonds. The summed E-state index contributed by atoms with van der Waals surface area (Å²) in [6, 6.07) is -3.63. The topological polar surface area (TPSA) is 194 Å². The van der Waals surface area contributed by atoms with E-state index in [2.05, 4.69) is 16.0 Å². The minimum Gasteiger partial charge on any atom is -0.481 e. The number of nitrogens with one attached hydrogen (secondary N) is 4. The van der Waals surface area contributed by atoms with E-state index in [-0.39, 0.29) is 11.9 Å². The molecule has 1 aliphatic heterocycles. The van der Waals surface area contributed by atoms with Gasteiger partial charge in [0.2, 0.25) is 17.7 Å². The minimum absolute atomic E-state index is 0.368. The first-order valence-corrected chi connectivity index (χ1v) is 8.35. The van der Waals surface area contributed by atoms with Crippen molar-refractivity contribution in [2.75, 3.05) is 13.1 Å². The van der Waals surface area contributed by atoms with Crippen LogP contribution in [-0.4, -0.2) is 82.3 Å². The van der Waals surface area contributed by atoms with Crippen molar-refractivity contribution in [1.29, 1.82) is 0 Å². The molecular formula is C15H24N4O8. The van der Waals surface area contributed by atoms with Crippen LogP contribution in [0.3, 0.4) is 0 Å². The molecule has 12 heteroatoms. The molecule has 1 fully saturated rings.